The van der Waals surface area contributed by atoms with Crippen LogP contribution in [0.1, 0.15) is 32.6 Å². The fraction of sp³-hybridized carbons (Fsp3) is 0.846. The summed E-state index contributed by atoms with van der Waals surface area (Å²) in [5.41, 5.74) is 0. The molecule has 5 nitrogen and oxygen atoms in total. The molecule has 18 heavy (non-hydrogen) atoms. The molecule has 2 amide bonds. The van der Waals surface area contributed by atoms with Gasteiger partial charge in [-0.05, 0) is 12.8 Å². The Morgan fingerprint density at radius 1 is 1.50 bits per heavy atom. The number of hydrogen-bond donors (Lipinski definition) is 1. The molecule has 5 heteroatoms. The summed E-state index contributed by atoms with van der Waals surface area (Å²) in [6.07, 6.45) is 3.24. The molecule has 1 atom stereocenters. The first-order valence-electron chi connectivity index (χ1n) is 6.73. The Morgan fingerprint density at radius 3 is 2.94 bits per heavy atom. The Bertz CT molecular complexity index is 281. The average Bonchev–Trinajstić information content (AvgIpc) is 2.73. The lowest BCUT2D eigenvalue weighted by atomic mass is 10.1. The quantitative estimate of drug-likeness (QED) is 0.653. The normalized spacial score (nSPS) is 19.3. The molecule has 1 heterocycles. The smallest absolute Gasteiger partial charge is 0.225 e. The van der Waals surface area contributed by atoms with Crippen molar-refractivity contribution >= 4 is 11.8 Å². The Hall–Kier alpha value is -1.10. The molecule has 0 bridgehead atoms. The predicted octanol–water partition coefficient (Wildman–Crippen LogP) is 0.788. The van der Waals surface area contributed by atoms with Gasteiger partial charge in [0, 0.05) is 39.8 Å². The maximum Gasteiger partial charge on any atom is 0.225 e. The van der Waals surface area contributed by atoms with Crippen LogP contribution >= 0.6 is 0 Å². The molecule has 0 radical (unpaired) electrons. The minimum Gasteiger partial charge on any atom is -0.385 e. The number of likely N-dealkylation sites (tertiary alicyclic amines) is 1. The highest BCUT2D eigenvalue weighted by Crippen LogP contribution is 2.18. The summed E-state index contributed by atoms with van der Waals surface area (Å²) in [5, 5.41) is 2.86. The summed E-state index contributed by atoms with van der Waals surface area (Å²) in [4.78, 5) is 25.3. The molecule has 1 fully saturated rings. The highest BCUT2D eigenvalue weighted by Gasteiger charge is 2.33. The second-order valence-electron chi connectivity index (χ2n) is 4.73. The van der Waals surface area contributed by atoms with Crippen molar-refractivity contribution in [3.8, 4) is 0 Å². The summed E-state index contributed by atoms with van der Waals surface area (Å²) < 4.78 is 4.91. The zero-order chi connectivity index (χ0) is 13.4. The van der Waals surface area contributed by atoms with E-state index in [1.54, 1.807) is 7.11 Å². The molecule has 1 saturated heterocycles. The second-order valence-corrected chi connectivity index (χ2v) is 4.73. The van der Waals surface area contributed by atoms with Crippen molar-refractivity contribution in [3.63, 3.8) is 0 Å². The van der Waals surface area contributed by atoms with Crippen molar-refractivity contribution < 1.29 is 14.3 Å². The Kier molecular flexibility index (Phi) is 6.72. The number of hydrogen-bond acceptors (Lipinski definition) is 3. The highest BCUT2D eigenvalue weighted by atomic mass is 16.5. The molecule has 104 valence electrons. The molecule has 0 saturated carbocycles. The molecule has 0 aromatic rings. The number of nitrogens with one attached hydrogen (secondary N) is 1. The summed E-state index contributed by atoms with van der Waals surface area (Å²) in [7, 11) is 1.64. The van der Waals surface area contributed by atoms with Gasteiger partial charge in [-0.3, -0.25) is 9.59 Å². The molecular formula is C13H24N2O3. The van der Waals surface area contributed by atoms with Crippen LogP contribution < -0.4 is 5.32 Å². The number of methoxy groups -OCH3 is 1. The fourth-order valence-corrected chi connectivity index (χ4v) is 2.09. The van der Waals surface area contributed by atoms with E-state index in [0.717, 1.165) is 25.8 Å². The third-order valence-corrected chi connectivity index (χ3v) is 3.19. The monoisotopic (exact) mass is 256 g/mol. The van der Waals surface area contributed by atoms with Crippen molar-refractivity contribution in [2.24, 2.45) is 5.92 Å². The fourth-order valence-electron chi connectivity index (χ4n) is 2.09. The summed E-state index contributed by atoms with van der Waals surface area (Å²) >= 11 is 0. The number of unbranched alkanes of at least 4 members (excludes halogenated alkanes) is 1. The molecule has 0 aromatic heterocycles. The van der Waals surface area contributed by atoms with E-state index in [1.807, 2.05) is 4.90 Å². The number of nitrogens with zero attached hydrogens (tertiary/aromatic N) is 1. The van der Waals surface area contributed by atoms with Gasteiger partial charge in [-0.2, -0.15) is 0 Å². The highest BCUT2D eigenvalue weighted by molar-refractivity contribution is 5.89. The van der Waals surface area contributed by atoms with E-state index >= 15 is 0 Å². The molecule has 1 aliphatic rings. The van der Waals surface area contributed by atoms with Crippen LogP contribution in [0.3, 0.4) is 0 Å². The van der Waals surface area contributed by atoms with Crippen molar-refractivity contribution in [1.29, 1.82) is 0 Å². The van der Waals surface area contributed by atoms with Crippen LogP contribution in [-0.2, 0) is 14.3 Å². The van der Waals surface area contributed by atoms with E-state index in [9.17, 15) is 9.59 Å². The van der Waals surface area contributed by atoms with Crippen LogP contribution in [0.4, 0.5) is 0 Å². The summed E-state index contributed by atoms with van der Waals surface area (Å²) in [6.45, 7) is 4.72. The van der Waals surface area contributed by atoms with Crippen LogP contribution in [0.25, 0.3) is 0 Å². The summed E-state index contributed by atoms with van der Waals surface area (Å²) in [5.74, 6) is -0.0594. The summed E-state index contributed by atoms with van der Waals surface area (Å²) in [6, 6.07) is 0. The Labute approximate surface area is 109 Å². The zero-order valence-electron chi connectivity index (χ0n) is 11.4. The standard InChI is InChI=1S/C13H24N2O3/c1-3-4-7-15-10-11(9-12(15)16)13(17)14-6-5-8-18-2/h11H,3-10H2,1-2H3,(H,14,17). The van der Waals surface area contributed by atoms with Crippen LogP contribution in [0.2, 0.25) is 0 Å². The molecule has 1 aliphatic heterocycles. The van der Waals surface area contributed by atoms with Gasteiger partial charge in [0.05, 0.1) is 5.92 Å². The Balaban J connectivity index is 2.26. The average molecular weight is 256 g/mol. The van der Waals surface area contributed by atoms with Gasteiger partial charge in [0.15, 0.2) is 0 Å². The third kappa shape index (κ3) is 4.64. The van der Waals surface area contributed by atoms with Gasteiger partial charge in [-0.15, -0.1) is 0 Å². The number of carbonyl (C=O) groups is 2. The van der Waals surface area contributed by atoms with Crippen LogP contribution in [0, 0.1) is 5.92 Å². The van der Waals surface area contributed by atoms with Gasteiger partial charge in [0.2, 0.25) is 11.8 Å². The zero-order valence-corrected chi connectivity index (χ0v) is 11.4. The first kappa shape index (κ1) is 15.0. The number of rotatable bonds is 8. The lowest BCUT2D eigenvalue weighted by Crippen LogP contribution is -2.34. The van der Waals surface area contributed by atoms with E-state index in [1.165, 1.54) is 0 Å². The topological polar surface area (TPSA) is 58.6 Å². The first-order chi connectivity index (χ1) is 8.69. The van der Waals surface area contributed by atoms with Gasteiger partial charge in [0.25, 0.3) is 0 Å². The van der Waals surface area contributed by atoms with Crippen LogP contribution in [-0.4, -0.2) is 50.1 Å². The maximum atomic E-state index is 11.8. The van der Waals surface area contributed by atoms with Gasteiger partial charge in [-0.1, -0.05) is 13.3 Å². The second kappa shape index (κ2) is 8.08. The van der Waals surface area contributed by atoms with Crippen molar-refractivity contribution in [2.75, 3.05) is 33.4 Å². The first-order valence-corrected chi connectivity index (χ1v) is 6.73. The Morgan fingerprint density at radius 2 is 2.28 bits per heavy atom. The van der Waals surface area contributed by atoms with Crippen molar-refractivity contribution in [1.82, 2.24) is 10.2 Å². The maximum absolute atomic E-state index is 11.8. The molecule has 0 aliphatic carbocycles. The number of amides is 2. The van der Waals surface area contributed by atoms with E-state index in [0.29, 0.717) is 26.1 Å². The van der Waals surface area contributed by atoms with Crippen molar-refractivity contribution in [2.45, 2.75) is 32.6 Å². The molecule has 0 spiro atoms. The lowest BCUT2D eigenvalue weighted by molar-refractivity contribution is -0.129. The van der Waals surface area contributed by atoms with Gasteiger partial charge < -0.3 is 15.0 Å². The molecular weight excluding hydrogens is 232 g/mol. The van der Waals surface area contributed by atoms with Crippen LogP contribution in [0.5, 0.6) is 0 Å². The minimum absolute atomic E-state index is 0.00143. The largest absolute Gasteiger partial charge is 0.385 e. The van der Waals surface area contributed by atoms with E-state index in [2.05, 4.69) is 12.2 Å². The predicted molar refractivity (Wildman–Crippen MR) is 69.1 cm³/mol. The molecule has 1 unspecified atom stereocenters. The number of carbonyl (C=O) groups excluding carboxylic acids is 2. The van der Waals surface area contributed by atoms with Crippen LogP contribution in [0.15, 0.2) is 0 Å². The number of ether oxygens (including phenoxy) is 1. The van der Waals surface area contributed by atoms with Gasteiger partial charge >= 0.3 is 0 Å². The molecule has 1 N–H and O–H groups in total. The minimum atomic E-state index is -0.170. The van der Waals surface area contributed by atoms with E-state index in [4.69, 9.17) is 4.74 Å². The molecule has 1 rings (SSSR count). The van der Waals surface area contributed by atoms with E-state index < -0.39 is 0 Å². The lowest BCUT2D eigenvalue weighted by Gasteiger charge is -2.15. The van der Waals surface area contributed by atoms with Crippen molar-refractivity contribution in [3.05, 3.63) is 0 Å². The molecule has 0 aromatic carbocycles. The third-order valence-electron chi connectivity index (χ3n) is 3.19. The SMILES string of the molecule is CCCCN1CC(C(=O)NCCCOC)CC1=O. The van der Waals surface area contributed by atoms with Gasteiger partial charge in [-0.25, -0.2) is 0 Å². The van der Waals surface area contributed by atoms with E-state index in [-0.39, 0.29) is 17.7 Å². The van der Waals surface area contributed by atoms with Gasteiger partial charge in [0.1, 0.15) is 0 Å².